The quantitative estimate of drug-likeness (QED) is 0.741. The van der Waals surface area contributed by atoms with Crippen molar-refractivity contribution in [2.24, 2.45) is 0 Å². The summed E-state index contributed by atoms with van der Waals surface area (Å²) >= 11 is 0. The van der Waals surface area contributed by atoms with E-state index in [1.165, 1.54) is 0 Å². The molecule has 0 aromatic carbocycles. The average Bonchev–Trinajstić information content (AvgIpc) is 2.63. The highest BCUT2D eigenvalue weighted by Gasteiger charge is 2.52. The topological polar surface area (TPSA) is 31.4 Å². The highest BCUT2D eigenvalue weighted by atomic mass is 16.7. The van der Waals surface area contributed by atoms with E-state index in [1.807, 2.05) is 0 Å². The maximum absolute atomic E-state index is 8.02. The van der Waals surface area contributed by atoms with Crippen LogP contribution in [0.15, 0.2) is 18.1 Å². The number of rotatable bonds is 2. The van der Waals surface area contributed by atoms with Gasteiger partial charge in [0.15, 0.2) is 0 Å². The zero-order chi connectivity index (χ0) is 19.6. The first-order valence-electron chi connectivity index (χ1n) is 9.37. The number of aromatic nitrogens is 1. The fourth-order valence-corrected chi connectivity index (χ4v) is 1.46. The van der Waals surface area contributed by atoms with Gasteiger partial charge in [-0.15, -0.1) is 0 Å². The Hall–Kier alpha value is -0.865. The molecule has 1 aromatic rings. The van der Waals surface area contributed by atoms with Crippen molar-refractivity contribution in [3.05, 3.63) is 23.8 Å². The smallest absolute Gasteiger partial charge is 0.398 e. The molecule has 0 spiro atoms. The SMILES string of the molecule is [2H]c1c(B2OC(C)(C)C(C)(C)O2)nc(C([2H])([2H])C([2H])([2H])[2H])c([2H])c1[2H]. The second-order valence-corrected chi connectivity index (χ2v) is 4.93. The van der Waals surface area contributed by atoms with E-state index in [1.54, 1.807) is 27.7 Å². The number of hydrogen-bond donors (Lipinski definition) is 0. The number of nitrogens with zero attached hydrogens (tertiary/aromatic N) is 1. The maximum atomic E-state index is 8.02. The van der Waals surface area contributed by atoms with Crippen molar-refractivity contribution in [3.8, 4) is 0 Å². The first-order chi connectivity index (χ1) is 11.0. The van der Waals surface area contributed by atoms with E-state index < -0.39 is 55.4 Å². The lowest BCUT2D eigenvalue weighted by molar-refractivity contribution is 0.00578. The lowest BCUT2D eigenvalue weighted by Crippen LogP contribution is -2.41. The van der Waals surface area contributed by atoms with Gasteiger partial charge >= 0.3 is 7.12 Å². The van der Waals surface area contributed by atoms with Crippen LogP contribution < -0.4 is 5.59 Å². The van der Waals surface area contributed by atoms with E-state index in [9.17, 15) is 0 Å². The molecule has 1 aliphatic heterocycles. The van der Waals surface area contributed by atoms with Gasteiger partial charge in [-0.2, -0.15) is 0 Å². The largest absolute Gasteiger partial charge is 0.514 e. The molecule has 0 saturated carbocycles. The Bertz CT molecular complexity index is 688. The normalized spacial score (nSPS) is 30.2. The molecule has 1 fully saturated rings. The number of aryl methyl sites for hydroxylation is 1. The van der Waals surface area contributed by atoms with Crippen molar-refractivity contribution in [2.45, 2.75) is 52.1 Å². The molecule has 2 heterocycles. The predicted octanol–water partition coefficient (Wildman–Crippen LogP) is 1.94. The van der Waals surface area contributed by atoms with Crippen LogP contribution in [0.3, 0.4) is 0 Å². The molecule has 0 aliphatic carbocycles. The van der Waals surface area contributed by atoms with Crippen molar-refractivity contribution in [2.75, 3.05) is 0 Å². The minimum Gasteiger partial charge on any atom is -0.398 e. The number of hydrogen-bond acceptors (Lipinski definition) is 3. The molecule has 0 atom stereocenters. The molecule has 0 N–H and O–H groups in total. The van der Waals surface area contributed by atoms with Crippen LogP contribution in [-0.2, 0) is 15.7 Å². The van der Waals surface area contributed by atoms with Crippen molar-refractivity contribution in [3.63, 3.8) is 0 Å². The molecule has 0 unspecified atom stereocenters. The molecule has 1 aromatic heterocycles. The molecule has 2 rings (SSSR count). The molecule has 3 nitrogen and oxygen atoms in total. The highest BCUT2D eigenvalue weighted by Crippen LogP contribution is 2.36. The summed E-state index contributed by atoms with van der Waals surface area (Å²) < 4.78 is 73.1. The van der Waals surface area contributed by atoms with Crippen LogP contribution >= 0.6 is 0 Å². The van der Waals surface area contributed by atoms with Gasteiger partial charge in [-0.3, -0.25) is 4.98 Å². The molecule has 0 bridgehead atoms. The first-order valence-corrected chi connectivity index (χ1v) is 5.37. The second kappa shape index (κ2) is 4.11. The van der Waals surface area contributed by atoms with Crippen molar-refractivity contribution < 1.29 is 20.3 Å². The van der Waals surface area contributed by atoms with Gasteiger partial charge in [0.25, 0.3) is 0 Å². The fraction of sp³-hybridized carbons (Fsp3) is 0.615. The van der Waals surface area contributed by atoms with Crippen LogP contribution in [-0.4, -0.2) is 23.3 Å². The molecule has 1 aliphatic rings. The van der Waals surface area contributed by atoms with E-state index >= 15 is 0 Å². The van der Waals surface area contributed by atoms with E-state index in [0.717, 1.165) is 0 Å². The molecule has 4 heteroatoms. The van der Waals surface area contributed by atoms with Gasteiger partial charge < -0.3 is 9.31 Å². The fourth-order valence-electron chi connectivity index (χ4n) is 1.46. The zero-order valence-electron chi connectivity index (χ0n) is 18.3. The first kappa shape index (κ1) is 5.85. The van der Waals surface area contributed by atoms with Gasteiger partial charge in [-0.05, 0) is 46.2 Å². The molecular formula is C13H20BNO2. The molecule has 0 amide bonds. The molecular weight excluding hydrogens is 213 g/mol. The summed E-state index contributed by atoms with van der Waals surface area (Å²) in [5.41, 5.74) is -2.44. The summed E-state index contributed by atoms with van der Waals surface area (Å²) in [6.07, 6.45) is -2.95. The van der Waals surface area contributed by atoms with Crippen LogP contribution in [0.25, 0.3) is 0 Å². The van der Waals surface area contributed by atoms with Gasteiger partial charge in [0.1, 0.15) is 0 Å². The summed E-state index contributed by atoms with van der Waals surface area (Å²) in [6.45, 7) is 4.03. The van der Waals surface area contributed by atoms with E-state index in [4.69, 9.17) is 20.3 Å². The maximum Gasteiger partial charge on any atom is 0.514 e. The minimum absolute atomic E-state index is 0.206. The molecule has 92 valence electrons. The Morgan fingerprint density at radius 2 is 2.00 bits per heavy atom. The summed E-state index contributed by atoms with van der Waals surface area (Å²) in [5, 5.41) is 0. The average molecular weight is 241 g/mol. The lowest BCUT2D eigenvalue weighted by atomic mass is 9.84. The third kappa shape index (κ3) is 2.24. The van der Waals surface area contributed by atoms with Crippen molar-refractivity contribution >= 4 is 12.7 Å². The molecule has 17 heavy (non-hydrogen) atoms. The summed E-state index contributed by atoms with van der Waals surface area (Å²) in [4.78, 5) is 3.90. The van der Waals surface area contributed by atoms with Crippen LogP contribution in [0.5, 0.6) is 0 Å². The monoisotopic (exact) mass is 241 g/mol. The van der Waals surface area contributed by atoms with Crippen LogP contribution in [0.1, 0.15) is 51.2 Å². The third-order valence-corrected chi connectivity index (χ3v) is 3.20. The zero-order valence-corrected chi connectivity index (χ0v) is 10.3. The van der Waals surface area contributed by atoms with Gasteiger partial charge in [0, 0.05) is 12.5 Å². The highest BCUT2D eigenvalue weighted by molar-refractivity contribution is 6.61. The van der Waals surface area contributed by atoms with Crippen molar-refractivity contribution in [1.29, 1.82) is 0 Å². The van der Waals surface area contributed by atoms with E-state index in [0.29, 0.717) is 0 Å². The summed E-state index contributed by atoms with van der Waals surface area (Å²) in [6, 6.07) is -1.80. The van der Waals surface area contributed by atoms with Crippen LogP contribution in [0, 0.1) is 0 Å². The predicted molar refractivity (Wildman–Crippen MR) is 69.3 cm³/mol. The third-order valence-electron chi connectivity index (χ3n) is 3.20. The Kier molecular flexibility index (Phi) is 1.41. The van der Waals surface area contributed by atoms with Gasteiger partial charge in [0.2, 0.25) is 0 Å². The van der Waals surface area contributed by atoms with E-state index in [-0.39, 0.29) is 5.59 Å². The lowest BCUT2D eigenvalue weighted by Gasteiger charge is -2.32. The Balaban J connectivity index is 2.63. The number of pyridine rings is 1. The van der Waals surface area contributed by atoms with Gasteiger partial charge in [-0.25, -0.2) is 0 Å². The Labute approximate surface area is 115 Å². The van der Waals surface area contributed by atoms with Crippen LogP contribution in [0.2, 0.25) is 0 Å². The molecule has 1 saturated heterocycles. The summed E-state index contributed by atoms with van der Waals surface area (Å²) in [7, 11) is -1.16. The Morgan fingerprint density at radius 1 is 1.35 bits per heavy atom. The van der Waals surface area contributed by atoms with Crippen LogP contribution in [0.4, 0.5) is 0 Å². The summed E-state index contributed by atoms with van der Waals surface area (Å²) in [5.74, 6) is 0. The van der Waals surface area contributed by atoms with Gasteiger partial charge in [0.05, 0.1) is 20.9 Å². The Morgan fingerprint density at radius 3 is 2.59 bits per heavy atom. The standard InChI is InChI=1S/C13H20BNO2/c1-6-10-8-7-9-11(15-10)14-16-12(2,3)13(4,5)17-14/h7-9H,6H2,1-5H3/i1D3,6D2,7D,8D,9D. The molecule has 0 radical (unpaired) electrons. The second-order valence-electron chi connectivity index (χ2n) is 4.93. The van der Waals surface area contributed by atoms with Gasteiger partial charge in [-0.1, -0.05) is 12.9 Å². The minimum atomic E-state index is -3.08. The van der Waals surface area contributed by atoms with Crippen molar-refractivity contribution in [1.82, 2.24) is 4.98 Å². The van der Waals surface area contributed by atoms with E-state index in [2.05, 4.69) is 4.98 Å².